The summed E-state index contributed by atoms with van der Waals surface area (Å²) in [5.41, 5.74) is 12.5. The number of nitrogens with zero attached hydrogens (tertiary/aromatic N) is 3. The monoisotopic (exact) mass is 397 g/mol. The Balaban J connectivity index is 1.85. The van der Waals surface area contributed by atoms with Gasteiger partial charge in [0.1, 0.15) is 6.04 Å². The van der Waals surface area contributed by atoms with Gasteiger partial charge in [-0.3, -0.25) is 9.59 Å². The Morgan fingerprint density at radius 2 is 1.89 bits per heavy atom. The lowest BCUT2D eigenvalue weighted by Crippen LogP contribution is -2.37. The molecule has 144 valence electrons. The SMILES string of the molecule is Cc1ccc(Nc2nc(N[C@H](Cc3cccs3)C(N)=O)nnc2C(N)=O)cc1. The third kappa shape index (κ3) is 4.80. The molecule has 3 rings (SSSR count). The van der Waals surface area contributed by atoms with Gasteiger partial charge in [-0.2, -0.15) is 4.98 Å². The first-order valence-electron chi connectivity index (χ1n) is 8.39. The molecule has 1 aromatic carbocycles. The van der Waals surface area contributed by atoms with Crippen molar-refractivity contribution in [1.29, 1.82) is 0 Å². The molecule has 0 aliphatic carbocycles. The number of hydrogen-bond donors (Lipinski definition) is 4. The highest BCUT2D eigenvalue weighted by Crippen LogP contribution is 2.19. The van der Waals surface area contributed by atoms with Crippen molar-refractivity contribution in [1.82, 2.24) is 15.2 Å². The predicted octanol–water partition coefficient (Wildman–Crippen LogP) is 1.59. The number of thiophene rings is 1. The average molecular weight is 397 g/mol. The van der Waals surface area contributed by atoms with E-state index >= 15 is 0 Å². The highest BCUT2D eigenvalue weighted by Gasteiger charge is 2.20. The molecule has 0 aliphatic heterocycles. The fraction of sp³-hybridized carbons (Fsp3) is 0.167. The predicted molar refractivity (Wildman–Crippen MR) is 107 cm³/mol. The van der Waals surface area contributed by atoms with E-state index in [1.807, 2.05) is 48.7 Å². The highest BCUT2D eigenvalue weighted by atomic mass is 32.1. The van der Waals surface area contributed by atoms with Crippen LogP contribution in [0.4, 0.5) is 17.5 Å². The van der Waals surface area contributed by atoms with Gasteiger partial charge in [0.25, 0.3) is 5.91 Å². The molecule has 2 heterocycles. The molecule has 1 atom stereocenters. The summed E-state index contributed by atoms with van der Waals surface area (Å²) in [4.78, 5) is 28.7. The van der Waals surface area contributed by atoms with Crippen molar-refractivity contribution in [2.75, 3.05) is 10.6 Å². The molecule has 28 heavy (non-hydrogen) atoms. The van der Waals surface area contributed by atoms with Gasteiger partial charge >= 0.3 is 0 Å². The second-order valence-electron chi connectivity index (χ2n) is 6.07. The summed E-state index contributed by atoms with van der Waals surface area (Å²) in [6.07, 6.45) is 0.384. The lowest BCUT2D eigenvalue weighted by atomic mass is 10.2. The second-order valence-corrected chi connectivity index (χ2v) is 7.10. The molecule has 2 aromatic heterocycles. The number of aryl methyl sites for hydroxylation is 1. The Morgan fingerprint density at radius 3 is 2.50 bits per heavy atom. The summed E-state index contributed by atoms with van der Waals surface area (Å²) in [7, 11) is 0. The van der Waals surface area contributed by atoms with E-state index in [4.69, 9.17) is 11.5 Å². The summed E-state index contributed by atoms with van der Waals surface area (Å²) < 4.78 is 0. The molecule has 2 amide bonds. The molecule has 0 unspecified atom stereocenters. The van der Waals surface area contributed by atoms with Crippen molar-refractivity contribution >= 4 is 40.6 Å². The maximum atomic E-state index is 11.8. The van der Waals surface area contributed by atoms with Crippen molar-refractivity contribution < 1.29 is 9.59 Å². The Bertz CT molecular complexity index is 974. The lowest BCUT2D eigenvalue weighted by Gasteiger charge is -2.15. The number of amides is 2. The standard InChI is InChI=1S/C18H19N7O2S/c1-10-4-6-11(7-5-10)21-17-14(16(20)27)24-25-18(23-17)22-13(15(19)26)9-12-3-2-8-28-12/h2-8,13H,9H2,1H3,(H2,19,26)(H2,20,27)(H2,21,22,23,25)/t13-/m1/s1. The molecule has 10 heteroatoms. The van der Waals surface area contributed by atoms with Gasteiger partial charge in [-0.25, -0.2) is 0 Å². The van der Waals surface area contributed by atoms with Crippen LogP contribution < -0.4 is 22.1 Å². The molecule has 0 bridgehead atoms. The molecule has 0 radical (unpaired) electrons. The third-order valence-corrected chi connectivity index (χ3v) is 4.77. The van der Waals surface area contributed by atoms with Gasteiger partial charge in [0, 0.05) is 17.0 Å². The number of carbonyl (C=O) groups excluding carboxylic acids is 2. The lowest BCUT2D eigenvalue weighted by molar-refractivity contribution is -0.118. The van der Waals surface area contributed by atoms with Crippen molar-refractivity contribution in [3.63, 3.8) is 0 Å². The summed E-state index contributed by atoms with van der Waals surface area (Å²) in [6.45, 7) is 1.96. The zero-order valence-electron chi connectivity index (χ0n) is 15.0. The quantitative estimate of drug-likeness (QED) is 0.451. The van der Waals surface area contributed by atoms with E-state index in [0.717, 1.165) is 10.4 Å². The fourth-order valence-electron chi connectivity index (χ4n) is 2.42. The van der Waals surface area contributed by atoms with E-state index in [9.17, 15) is 9.59 Å². The van der Waals surface area contributed by atoms with Crippen LogP contribution in [0.15, 0.2) is 41.8 Å². The minimum absolute atomic E-state index is 0.0555. The molecule has 6 N–H and O–H groups in total. The Kier molecular flexibility index (Phi) is 5.80. The molecule has 0 aliphatic rings. The summed E-state index contributed by atoms with van der Waals surface area (Å²) in [6, 6.07) is 10.5. The largest absolute Gasteiger partial charge is 0.368 e. The number of nitrogens with one attached hydrogen (secondary N) is 2. The first kappa shape index (κ1) is 19.2. The van der Waals surface area contributed by atoms with Gasteiger partial charge in [-0.1, -0.05) is 23.8 Å². The summed E-state index contributed by atoms with van der Waals surface area (Å²) in [5, 5.41) is 15.5. The zero-order chi connectivity index (χ0) is 20.1. The van der Waals surface area contributed by atoms with Crippen molar-refractivity contribution in [3.8, 4) is 0 Å². The molecular weight excluding hydrogens is 378 g/mol. The molecule has 0 spiro atoms. The van der Waals surface area contributed by atoms with Gasteiger partial charge in [0.2, 0.25) is 11.9 Å². The maximum Gasteiger partial charge on any atom is 0.273 e. The summed E-state index contributed by atoms with van der Waals surface area (Å²) in [5.74, 6) is -1.14. The van der Waals surface area contributed by atoms with Crippen LogP contribution in [-0.2, 0) is 11.2 Å². The maximum absolute atomic E-state index is 11.8. The number of aromatic nitrogens is 3. The first-order chi connectivity index (χ1) is 13.4. The van der Waals surface area contributed by atoms with Crippen molar-refractivity contribution in [2.45, 2.75) is 19.4 Å². The van der Waals surface area contributed by atoms with Crippen LogP contribution in [-0.4, -0.2) is 33.0 Å². The number of benzene rings is 1. The van der Waals surface area contributed by atoms with E-state index in [1.165, 1.54) is 11.3 Å². The number of anilines is 3. The second kappa shape index (κ2) is 8.44. The normalized spacial score (nSPS) is 11.6. The van der Waals surface area contributed by atoms with Crippen LogP contribution in [0.3, 0.4) is 0 Å². The average Bonchev–Trinajstić information content (AvgIpc) is 3.16. The third-order valence-electron chi connectivity index (χ3n) is 3.87. The summed E-state index contributed by atoms with van der Waals surface area (Å²) >= 11 is 1.51. The molecule has 3 aromatic rings. The van der Waals surface area contributed by atoms with E-state index in [2.05, 4.69) is 25.8 Å². The van der Waals surface area contributed by atoms with Crippen LogP contribution in [0, 0.1) is 6.92 Å². The Labute approximate surface area is 165 Å². The van der Waals surface area contributed by atoms with Crippen molar-refractivity contribution in [2.24, 2.45) is 11.5 Å². The topological polar surface area (TPSA) is 149 Å². The minimum atomic E-state index is -0.772. The molecular formula is C18H19N7O2S. The van der Waals surface area contributed by atoms with Crippen LogP contribution >= 0.6 is 11.3 Å². The minimum Gasteiger partial charge on any atom is -0.368 e. The van der Waals surface area contributed by atoms with Crippen molar-refractivity contribution in [3.05, 3.63) is 57.9 Å². The van der Waals surface area contributed by atoms with E-state index in [0.29, 0.717) is 12.1 Å². The van der Waals surface area contributed by atoms with E-state index in [1.54, 1.807) is 0 Å². The smallest absolute Gasteiger partial charge is 0.273 e. The zero-order valence-corrected chi connectivity index (χ0v) is 15.9. The molecule has 9 nitrogen and oxygen atoms in total. The van der Waals surface area contributed by atoms with E-state index in [-0.39, 0.29) is 17.5 Å². The van der Waals surface area contributed by atoms with Gasteiger partial charge < -0.3 is 22.1 Å². The van der Waals surface area contributed by atoms with Crippen LogP contribution in [0.2, 0.25) is 0 Å². The van der Waals surface area contributed by atoms with Crippen LogP contribution in [0.1, 0.15) is 20.9 Å². The fourth-order valence-corrected chi connectivity index (χ4v) is 3.17. The van der Waals surface area contributed by atoms with Gasteiger partial charge in [0.15, 0.2) is 11.5 Å². The first-order valence-corrected chi connectivity index (χ1v) is 9.27. The molecule has 0 fully saturated rings. The number of hydrogen-bond acceptors (Lipinski definition) is 8. The molecule has 0 saturated heterocycles. The van der Waals surface area contributed by atoms with Crippen LogP contribution in [0.25, 0.3) is 0 Å². The Morgan fingerprint density at radius 1 is 1.14 bits per heavy atom. The van der Waals surface area contributed by atoms with Gasteiger partial charge in [-0.15, -0.1) is 21.5 Å². The number of nitrogens with two attached hydrogens (primary N) is 2. The molecule has 0 saturated carbocycles. The van der Waals surface area contributed by atoms with E-state index < -0.39 is 17.9 Å². The van der Waals surface area contributed by atoms with Crippen LogP contribution in [0.5, 0.6) is 0 Å². The number of rotatable bonds is 8. The number of carbonyl (C=O) groups is 2. The Hall–Kier alpha value is -3.53. The van der Waals surface area contributed by atoms with Gasteiger partial charge in [0.05, 0.1) is 0 Å². The number of primary amides is 2. The van der Waals surface area contributed by atoms with Gasteiger partial charge in [-0.05, 0) is 30.5 Å². The highest BCUT2D eigenvalue weighted by molar-refractivity contribution is 7.09.